The van der Waals surface area contributed by atoms with Crippen LogP contribution in [0.1, 0.15) is 27.2 Å². The average molecular weight is 271 g/mol. The molecule has 0 saturated carbocycles. The van der Waals surface area contributed by atoms with E-state index in [1.807, 2.05) is 0 Å². The monoisotopic (exact) mass is 271 g/mol. The maximum absolute atomic E-state index is 12.0. The number of urea groups is 1. The summed E-state index contributed by atoms with van der Waals surface area (Å²) < 4.78 is 0. The lowest BCUT2D eigenvalue weighted by atomic mass is 9.87. The Morgan fingerprint density at radius 3 is 2.58 bits per heavy atom. The van der Waals surface area contributed by atoms with Crippen LogP contribution in [0.15, 0.2) is 0 Å². The summed E-state index contributed by atoms with van der Waals surface area (Å²) >= 11 is 0. The number of carboxylic acid groups (broad SMARTS) is 1. The highest BCUT2D eigenvalue weighted by atomic mass is 16.4. The third-order valence-corrected chi connectivity index (χ3v) is 2.93. The van der Waals surface area contributed by atoms with Gasteiger partial charge in [0.05, 0.1) is 0 Å². The van der Waals surface area contributed by atoms with Gasteiger partial charge in [-0.1, -0.05) is 20.8 Å². The minimum Gasteiger partial charge on any atom is -0.480 e. The summed E-state index contributed by atoms with van der Waals surface area (Å²) in [5, 5.41) is 14.3. The number of hydrogen-bond donors (Lipinski definition) is 3. The molecule has 0 aromatic carbocycles. The topological polar surface area (TPSA) is 98.7 Å². The number of hydrogen-bond acceptors (Lipinski definition) is 3. The van der Waals surface area contributed by atoms with Crippen LogP contribution < -0.4 is 10.6 Å². The number of carbonyl (C=O) groups excluding carboxylic acids is 2. The molecule has 7 nitrogen and oxygen atoms in total. The van der Waals surface area contributed by atoms with E-state index in [-0.39, 0.29) is 12.5 Å². The van der Waals surface area contributed by atoms with E-state index in [4.69, 9.17) is 5.11 Å². The van der Waals surface area contributed by atoms with Crippen LogP contribution >= 0.6 is 0 Å². The summed E-state index contributed by atoms with van der Waals surface area (Å²) in [6.45, 7) is 6.14. The van der Waals surface area contributed by atoms with E-state index < -0.39 is 23.5 Å². The van der Waals surface area contributed by atoms with Crippen molar-refractivity contribution in [3.05, 3.63) is 0 Å². The first-order valence-corrected chi connectivity index (χ1v) is 6.27. The Bertz CT molecular complexity index is 376. The normalized spacial score (nSPS) is 18.3. The lowest BCUT2D eigenvalue weighted by molar-refractivity contribution is -0.142. The molecule has 1 atom stereocenters. The zero-order valence-electron chi connectivity index (χ0n) is 11.5. The molecule has 108 valence electrons. The molecular formula is C12H21N3O4. The van der Waals surface area contributed by atoms with Gasteiger partial charge in [0.15, 0.2) is 0 Å². The minimum atomic E-state index is -1.08. The van der Waals surface area contributed by atoms with Crippen LogP contribution in [0.4, 0.5) is 4.79 Å². The van der Waals surface area contributed by atoms with Gasteiger partial charge < -0.3 is 20.6 Å². The first kappa shape index (κ1) is 15.3. The van der Waals surface area contributed by atoms with Crippen LogP contribution in [0.5, 0.6) is 0 Å². The number of carboxylic acids is 1. The van der Waals surface area contributed by atoms with Crippen molar-refractivity contribution < 1.29 is 19.5 Å². The highest BCUT2D eigenvalue weighted by molar-refractivity contribution is 5.87. The Hall–Kier alpha value is -1.79. The molecule has 3 N–H and O–H groups in total. The van der Waals surface area contributed by atoms with Crippen LogP contribution in [0.3, 0.4) is 0 Å². The molecule has 0 bridgehead atoms. The highest BCUT2D eigenvalue weighted by Gasteiger charge is 2.34. The van der Waals surface area contributed by atoms with Crippen molar-refractivity contribution in [3.63, 3.8) is 0 Å². The second kappa shape index (κ2) is 5.90. The molecule has 19 heavy (non-hydrogen) atoms. The van der Waals surface area contributed by atoms with Crippen molar-refractivity contribution in [2.24, 2.45) is 5.41 Å². The molecule has 1 fully saturated rings. The number of rotatable bonds is 2. The molecule has 0 radical (unpaired) electrons. The van der Waals surface area contributed by atoms with Crippen molar-refractivity contribution in [2.75, 3.05) is 19.6 Å². The largest absolute Gasteiger partial charge is 0.480 e. The maximum Gasteiger partial charge on any atom is 0.326 e. The van der Waals surface area contributed by atoms with Crippen LogP contribution in [-0.4, -0.2) is 53.6 Å². The Balaban J connectivity index is 2.71. The highest BCUT2D eigenvalue weighted by Crippen LogP contribution is 2.19. The summed E-state index contributed by atoms with van der Waals surface area (Å²) in [6, 6.07) is -1.51. The molecule has 0 spiro atoms. The van der Waals surface area contributed by atoms with Gasteiger partial charge in [0, 0.05) is 13.1 Å². The van der Waals surface area contributed by atoms with Crippen molar-refractivity contribution in [2.45, 2.75) is 33.2 Å². The minimum absolute atomic E-state index is 0.0394. The van der Waals surface area contributed by atoms with Gasteiger partial charge >= 0.3 is 12.0 Å². The van der Waals surface area contributed by atoms with E-state index in [0.29, 0.717) is 19.5 Å². The van der Waals surface area contributed by atoms with Gasteiger partial charge in [0.25, 0.3) is 0 Å². The summed E-state index contributed by atoms with van der Waals surface area (Å²) in [5.41, 5.74) is -0.602. The lowest BCUT2D eigenvalue weighted by Gasteiger charge is -2.30. The second-order valence-corrected chi connectivity index (χ2v) is 5.71. The predicted octanol–water partition coefficient (Wildman–Crippen LogP) is 0.0172. The molecule has 1 heterocycles. The molecule has 1 saturated heterocycles. The van der Waals surface area contributed by atoms with Crippen molar-refractivity contribution in [1.82, 2.24) is 15.5 Å². The smallest absolute Gasteiger partial charge is 0.326 e. The van der Waals surface area contributed by atoms with Crippen LogP contribution in [-0.2, 0) is 9.59 Å². The van der Waals surface area contributed by atoms with Crippen LogP contribution in [0, 0.1) is 5.41 Å². The summed E-state index contributed by atoms with van der Waals surface area (Å²) in [5.74, 6) is -1.31. The van der Waals surface area contributed by atoms with E-state index in [1.54, 1.807) is 20.8 Å². The molecule has 7 heteroatoms. The maximum atomic E-state index is 12.0. The Labute approximate surface area is 112 Å². The molecular weight excluding hydrogens is 250 g/mol. The van der Waals surface area contributed by atoms with Gasteiger partial charge in [-0.2, -0.15) is 0 Å². The number of nitrogens with zero attached hydrogens (tertiary/aromatic N) is 1. The van der Waals surface area contributed by atoms with Gasteiger partial charge in [-0.25, -0.2) is 9.59 Å². The molecule has 1 aliphatic rings. The SMILES string of the molecule is CC(C)(C)[C@H](NC(=O)N1CCCNC(=O)C1)C(=O)O. The first-order valence-electron chi connectivity index (χ1n) is 6.27. The van der Waals surface area contributed by atoms with Crippen molar-refractivity contribution in [1.29, 1.82) is 0 Å². The van der Waals surface area contributed by atoms with E-state index in [0.717, 1.165) is 0 Å². The molecule has 0 aromatic heterocycles. The molecule has 3 amide bonds. The standard InChI is InChI=1S/C12H21N3O4/c1-12(2,3)9(10(17)18)14-11(19)15-6-4-5-13-8(16)7-15/h9H,4-7H2,1-3H3,(H,13,16)(H,14,19)(H,17,18)/t9-/m1/s1. The van der Waals surface area contributed by atoms with Gasteiger partial charge in [-0.15, -0.1) is 0 Å². The van der Waals surface area contributed by atoms with Gasteiger partial charge in [0.1, 0.15) is 12.6 Å². The van der Waals surface area contributed by atoms with Gasteiger partial charge in [-0.05, 0) is 11.8 Å². The van der Waals surface area contributed by atoms with Crippen molar-refractivity contribution in [3.8, 4) is 0 Å². The number of carbonyl (C=O) groups is 3. The Morgan fingerprint density at radius 1 is 1.42 bits per heavy atom. The number of aliphatic carboxylic acids is 1. The fourth-order valence-electron chi connectivity index (χ4n) is 1.84. The van der Waals surface area contributed by atoms with E-state index in [2.05, 4.69) is 10.6 Å². The Morgan fingerprint density at radius 2 is 2.05 bits per heavy atom. The predicted molar refractivity (Wildman–Crippen MR) is 68.6 cm³/mol. The third-order valence-electron chi connectivity index (χ3n) is 2.93. The van der Waals surface area contributed by atoms with Gasteiger partial charge in [0.2, 0.25) is 5.91 Å². The summed E-state index contributed by atoms with van der Waals surface area (Å²) in [7, 11) is 0. The van der Waals surface area contributed by atoms with Crippen LogP contribution in [0.2, 0.25) is 0 Å². The van der Waals surface area contributed by atoms with Crippen molar-refractivity contribution >= 4 is 17.9 Å². The zero-order valence-corrected chi connectivity index (χ0v) is 11.5. The molecule has 1 aliphatic heterocycles. The zero-order chi connectivity index (χ0) is 14.6. The summed E-state index contributed by atoms with van der Waals surface area (Å²) in [4.78, 5) is 35.9. The fraction of sp³-hybridized carbons (Fsp3) is 0.750. The molecule has 1 rings (SSSR count). The van der Waals surface area contributed by atoms with Gasteiger partial charge in [-0.3, -0.25) is 4.79 Å². The first-order chi connectivity index (χ1) is 8.71. The van der Waals surface area contributed by atoms with E-state index in [9.17, 15) is 14.4 Å². The number of amides is 3. The lowest BCUT2D eigenvalue weighted by Crippen LogP contribution is -2.54. The second-order valence-electron chi connectivity index (χ2n) is 5.71. The summed E-state index contributed by atoms with van der Waals surface area (Å²) in [6.07, 6.45) is 0.659. The quantitative estimate of drug-likeness (QED) is 0.659. The van der Waals surface area contributed by atoms with E-state index >= 15 is 0 Å². The average Bonchev–Trinajstić information content (AvgIpc) is 2.48. The fourth-order valence-corrected chi connectivity index (χ4v) is 1.84. The Kier molecular flexibility index (Phi) is 4.74. The molecule has 0 unspecified atom stereocenters. The molecule has 0 aliphatic carbocycles. The molecule has 0 aromatic rings. The number of nitrogens with one attached hydrogen (secondary N) is 2. The van der Waals surface area contributed by atoms with Crippen LogP contribution in [0.25, 0.3) is 0 Å². The third kappa shape index (κ3) is 4.42. The van der Waals surface area contributed by atoms with E-state index in [1.165, 1.54) is 4.90 Å².